The molecule has 0 fully saturated rings. The van der Waals surface area contributed by atoms with Crippen LogP contribution in [0.1, 0.15) is 0 Å². The highest BCUT2D eigenvalue weighted by Crippen LogP contribution is 2.40. The molecular weight excluding hydrogens is 324 g/mol. The highest BCUT2D eigenvalue weighted by Gasteiger charge is 2.15. The molecule has 0 heterocycles. The molecule has 0 bridgehead atoms. The lowest BCUT2D eigenvalue weighted by molar-refractivity contribution is -0.142. The Morgan fingerprint density at radius 1 is 0.769 bits per heavy atom. The second-order valence-corrected chi connectivity index (χ2v) is 6.05. The van der Waals surface area contributed by atoms with Crippen molar-refractivity contribution in [1.82, 2.24) is 0 Å². The molecule has 3 nitrogen and oxygen atoms in total. The third kappa shape index (κ3) is 2.88. The number of hydrogen-bond donors (Lipinski definition) is 0. The number of methoxy groups -OCH3 is 1. The Morgan fingerprint density at radius 3 is 2.19 bits per heavy atom. The molecule has 0 unspecified atom stereocenters. The smallest absolute Gasteiger partial charge is 0.343 e. The number of ether oxygens (including phenoxy) is 2. The Hall–Kier alpha value is -3.33. The van der Waals surface area contributed by atoms with Crippen LogP contribution >= 0.6 is 0 Å². The second kappa shape index (κ2) is 6.89. The van der Waals surface area contributed by atoms with Gasteiger partial charge in [0.1, 0.15) is 5.75 Å². The zero-order valence-corrected chi connectivity index (χ0v) is 14.4. The first-order valence-corrected chi connectivity index (χ1v) is 8.47. The third-order valence-corrected chi connectivity index (χ3v) is 4.52. The molecule has 0 atom stereocenters. The molecule has 0 amide bonds. The van der Waals surface area contributed by atoms with Crippen LogP contribution in [0.5, 0.6) is 5.75 Å². The van der Waals surface area contributed by atoms with E-state index < -0.39 is 5.97 Å². The summed E-state index contributed by atoms with van der Waals surface area (Å²) in [6, 6.07) is 26.6. The predicted molar refractivity (Wildman–Crippen MR) is 104 cm³/mol. The summed E-state index contributed by atoms with van der Waals surface area (Å²) in [6.07, 6.45) is 0. The molecule has 0 aliphatic rings. The largest absolute Gasteiger partial charge is 0.481 e. The van der Waals surface area contributed by atoms with Crippen LogP contribution in [0.4, 0.5) is 0 Å². The van der Waals surface area contributed by atoms with Crippen LogP contribution in [0.2, 0.25) is 0 Å². The van der Waals surface area contributed by atoms with E-state index in [0.29, 0.717) is 5.75 Å². The second-order valence-electron chi connectivity index (χ2n) is 6.05. The summed E-state index contributed by atoms with van der Waals surface area (Å²) in [5.74, 6) is 0.271. The lowest BCUT2D eigenvalue weighted by Gasteiger charge is -2.16. The zero-order valence-electron chi connectivity index (χ0n) is 14.4. The maximum atomic E-state index is 11.6. The van der Waals surface area contributed by atoms with E-state index in [2.05, 4.69) is 36.4 Å². The van der Waals surface area contributed by atoms with Crippen LogP contribution in [0, 0.1) is 0 Å². The number of fused-ring (bicyclic) bond motifs is 2. The van der Waals surface area contributed by atoms with Crippen molar-refractivity contribution in [3.8, 4) is 16.9 Å². The molecule has 0 aliphatic heterocycles. The van der Waals surface area contributed by atoms with Gasteiger partial charge in [-0.1, -0.05) is 72.8 Å². The number of hydrogen-bond acceptors (Lipinski definition) is 3. The number of carbonyl (C=O) groups is 1. The first-order chi connectivity index (χ1) is 12.8. The fourth-order valence-electron chi connectivity index (χ4n) is 3.29. The molecule has 0 aromatic heterocycles. The van der Waals surface area contributed by atoms with Gasteiger partial charge in [-0.15, -0.1) is 0 Å². The van der Waals surface area contributed by atoms with Gasteiger partial charge in [-0.2, -0.15) is 0 Å². The molecule has 0 saturated heterocycles. The number of benzene rings is 4. The van der Waals surface area contributed by atoms with E-state index >= 15 is 0 Å². The SMILES string of the molecule is COC(=O)COc1ccc2ccccc2c1-c1cccc2ccccc12. The van der Waals surface area contributed by atoms with Crippen LogP contribution in [-0.4, -0.2) is 19.7 Å². The molecule has 0 spiro atoms. The number of esters is 1. The molecule has 3 heteroatoms. The summed E-state index contributed by atoms with van der Waals surface area (Å²) in [6.45, 7) is -0.118. The fraction of sp³-hybridized carbons (Fsp3) is 0.0870. The monoisotopic (exact) mass is 342 g/mol. The van der Waals surface area contributed by atoms with E-state index in [0.717, 1.165) is 32.7 Å². The molecule has 0 aliphatic carbocycles. The molecule has 26 heavy (non-hydrogen) atoms. The topological polar surface area (TPSA) is 35.5 Å². The third-order valence-electron chi connectivity index (χ3n) is 4.52. The standard InChI is InChI=1S/C23H18O3/c1-25-22(24)15-26-21-14-13-17-8-3-5-11-19(17)23(21)20-12-6-9-16-7-2-4-10-18(16)20/h2-14H,15H2,1H3. The molecule has 4 rings (SSSR count). The molecule has 0 saturated carbocycles. The predicted octanol–water partition coefficient (Wildman–Crippen LogP) is 5.21. The lowest BCUT2D eigenvalue weighted by Crippen LogP contribution is -2.13. The normalized spacial score (nSPS) is 10.8. The van der Waals surface area contributed by atoms with Crippen molar-refractivity contribution in [2.24, 2.45) is 0 Å². The Balaban J connectivity index is 1.97. The van der Waals surface area contributed by atoms with Crippen molar-refractivity contribution in [1.29, 1.82) is 0 Å². The van der Waals surface area contributed by atoms with Gasteiger partial charge in [0, 0.05) is 5.56 Å². The molecule has 0 radical (unpaired) electrons. The number of carbonyl (C=O) groups excluding carboxylic acids is 1. The van der Waals surface area contributed by atoms with E-state index in [1.54, 1.807) is 0 Å². The van der Waals surface area contributed by atoms with Gasteiger partial charge < -0.3 is 9.47 Å². The summed E-state index contributed by atoms with van der Waals surface area (Å²) in [4.78, 5) is 11.6. The highest BCUT2D eigenvalue weighted by molar-refractivity contribution is 6.07. The number of rotatable bonds is 4. The average molecular weight is 342 g/mol. The van der Waals surface area contributed by atoms with Crippen LogP contribution < -0.4 is 4.74 Å². The van der Waals surface area contributed by atoms with Gasteiger partial charge in [0.15, 0.2) is 6.61 Å². The Kier molecular flexibility index (Phi) is 4.28. The van der Waals surface area contributed by atoms with E-state index in [4.69, 9.17) is 9.47 Å². The maximum absolute atomic E-state index is 11.6. The summed E-state index contributed by atoms with van der Waals surface area (Å²) >= 11 is 0. The molecule has 0 N–H and O–H groups in total. The van der Waals surface area contributed by atoms with Gasteiger partial charge in [0.2, 0.25) is 0 Å². The quantitative estimate of drug-likeness (QED) is 0.478. The van der Waals surface area contributed by atoms with E-state index in [1.165, 1.54) is 7.11 Å². The summed E-state index contributed by atoms with van der Waals surface area (Å²) in [7, 11) is 1.36. The van der Waals surface area contributed by atoms with Gasteiger partial charge in [-0.25, -0.2) is 4.79 Å². The van der Waals surface area contributed by atoms with Crippen LogP contribution in [0.15, 0.2) is 78.9 Å². The molecule has 4 aromatic rings. The van der Waals surface area contributed by atoms with Crippen molar-refractivity contribution in [2.45, 2.75) is 0 Å². The van der Waals surface area contributed by atoms with Crippen LogP contribution in [0.25, 0.3) is 32.7 Å². The van der Waals surface area contributed by atoms with Gasteiger partial charge in [-0.05, 0) is 33.2 Å². The minimum atomic E-state index is -0.401. The van der Waals surface area contributed by atoms with Crippen molar-refractivity contribution in [3.05, 3.63) is 78.9 Å². The zero-order chi connectivity index (χ0) is 17.9. The van der Waals surface area contributed by atoms with Crippen LogP contribution in [-0.2, 0) is 9.53 Å². The van der Waals surface area contributed by atoms with E-state index in [1.807, 2.05) is 42.5 Å². The minimum absolute atomic E-state index is 0.118. The highest BCUT2D eigenvalue weighted by atomic mass is 16.6. The Labute approximate surface area is 151 Å². The van der Waals surface area contributed by atoms with Crippen molar-refractivity contribution < 1.29 is 14.3 Å². The van der Waals surface area contributed by atoms with Gasteiger partial charge in [0.25, 0.3) is 0 Å². The fourth-order valence-corrected chi connectivity index (χ4v) is 3.29. The summed E-state index contributed by atoms with van der Waals surface area (Å²) in [5, 5.41) is 4.53. The van der Waals surface area contributed by atoms with E-state index in [-0.39, 0.29) is 6.61 Å². The van der Waals surface area contributed by atoms with Crippen molar-refractivity contribution in [3.63, 3.8) is 0 Å². The van der Waals surface area contributed by atoms with E-state index in [9.17, 15) is 4.79 Å². The van der Waals surface area contributed by atoms with Crippen LogP contribution in [0.3, 0.4) is 0 Å². The summed E-state index contributed by atoms with van der Waals surface area (Å²) in [5.41, 5.74) is 2.07. The average Bonchev–Trinajstić information content (AvgIpc) is 2.71. The first-order valence-electron chi connectivity index (χ1n) is 8.47. The maximum Gasteiger partial charge on any atom is 0.343 e. The first kappa shape index (κ1) is 16.2. The van der Waals surface area contributed by atoms with Gasteiger partial charge in [0.05, 0.1) is 7.11 Å². The molecule has 128 valence electrons. The van der Waals surface area contributed by atoms with Crippen molar-refractivity contribution >= 4 is 27.5 Å². The molecular formula is C23H18O3. The minimum Gasteiger partial charge on any atom is -0.481 e. The Bertz CT molecular complexity index is 1090. The van der Waals surface area contributed by atoms with Crippen molar-refractivity contribution in [2.75, 3.05) is 13.7 Å². The van der Waals surface area contributed by atoms with Gasteiger partial charge >= 0.3 is 5.97 Å². The lowest BCUT2D eigenvalue weighted by atomic mass is 9.93. The Morgan fingerprint density at radius 2 is 1.42 bits per heavy atom. The summed E-state index contributed by atoms with van der Waals surface area (Å²) < 4.78 is 10.5. The van der Waals surface area contributed by atoms with Gasteiger partial charge in [-0.3, -0.25) is 0 Å². The molecule has 4 aromatic carbocycles.